The van der Waals surface area contributed by atoms with Crippen LogP contribution >= 0.6 is 11.6 Å². The molecule has 1 nitrogen and oxygen atoms in total. The van der Waals surface area contributed by atoms with Gasteiger partial charge >= 0.3 is 0 Å². The summed E-state index contributed by atoms with van der Waals surface area (Å²) in [5.41, 5.74) is 1.44. The highest BCUT2D eigenvalue weighted by Crippen LogP contribution is 2.38. The molecule has 2 fully saturated rings. The van der Waals surface area contributed by atoms with Crippen LogP contribution in [0.3, 0.4) is 0 Å². The average Bonchev–Trinajstić information content (AvgIpc) is 2.54. The van der Waals surface area contributed by atoms with E-state index in [0.717, 1.165) is 18.6 Å². The van der Waals surface area contributed by atoms with Gasteiger partial charge in [-0.05, 0) is 31.2 Å². The molecular formula is C14H18ClN. The van der Waals surface area contributed by atoms with Crippen molar-refractivity contribution in [1.29, 1.82) is 0 Å². The van der Waals surface area contributed by atoms with Gasteiger partial charge in [0.25, 0.3) is 0 Å². The summed E-state index contributed by atoms with van der Waals surface area (Å²) in [4.78, 5) is 2.67. The number of benzene rings is 1. The van der Waals surface area contributed by atoms with Crippen molar-refractivity contribution in [2.24, 2.45) is 0 Å². The second-order valence-corrected chi connectivity index (χ2v) is 5.73. The molecule has 1 aromatic rings. The lowest BCUT2D eigenvalue weighted by atomic mass is 10.0. The first kappa shape index (κ1) is 10.6. The van der Waals surface area contributed by atoms with E-state index in [4.69, 9.17) is 11.6 Å². The molecule has 2 heterocycles. The summed E-state index contributed by atoms with van der Waals surface area (Å²) >= 11 is 6.29. The molecule has 16 heavy (non-hydrogen) atoms. The molecule has 1 unspecified atom stereocenters. The van der Waals surface area contributed by atoms with Crippen LogP contribution in [0.25, 0.3) is 0 Å². The Kier molecular flexibility index (Phi) is 2.91. The minimum atomic E-state index is 0.421. The summed E-state index contributed by atoms with van der Waals surface area (Å²) in [5, 5.41) is 0.421. The Bertz CT molecular complexity index is 337. The zero-order valence-corrected chi connectivity index (χ0v) is 10.2. The van der Waals surface area contributed by atoms with E-state index >= 15 is 0 Å². The van der Waals surface area contributed by atoms with Crippen molar-refractivity contribution in [3.63, 3.8) is 0 Å². The van der Waals surface area contributed by atoms with Crippen molar-refractivity contribution in [2.75, 3.05) is 0 Å². The van der Waals surface area contributed by atoms with Gasteiger partial charge in [-0.25, -0.2) is 0 Å². The van der Waals surface area contributed by atoms with Crippen LogP contribution in [0.5, 0.6) is 0 Å². The smallest absolute Gasteiger partial charge is 0.0365 e. The standard InChI is InChI=1S/C14H18ClN/c15-12-8-13-6-7-14(9-12)16(13)10-11-4-2-1-3-5-11/h1-5,12-14H,6-10H2/t12?,13-,14+. The number of alkyl halides is 1. The van der Waals surface area contributed by atoms with Gasteiger partial charge in [-0.15, -0.1) is 11.6 Å². The summed E-state index contributed by atoms with van der Waals surface area (Å²) in [7, 11) is 0. The van der Waals surface area contributed by atoms with E-state index < -0.39 is 0 Å². The second-order valence-electron chi connectivity index (χ2n) is 5.11. The molecule has 2 heteroatoms. The SMILES string of the molecule is ClC1C[C@H]2CC[C@@H](C1)N2Cc1ccccc1. The largest absolute Gasteiger partial charge is 0.293 e. The summed E-state index contributed by atoms with van der Waals surface area (Å²) in [6.45, 7) is 1.11. The first-order valence-corrected chi connectivity index (χ1v) is 6.70. The number of fused-ring (bicyclic) bond motifs is 2. The van der Waals surface area contributed by atoms with E-state index in [1.165, 1.54) is 31.2 Å². The fourth-order valence-corrected chi connectivity index (χ4v) is 3.67. The zero-order chi connectivity index (χ0) is 11.0. The van der Waals surface area contributed by atoms with E-state index in [9.17, 15) is 0 Å². The first-order valence-electron chi connectivity index (χ1n) is 6.26. The third-order valence-electron chi connectivity index (χ3n) is 4.03. The van der Waals surface area contributed by atoms with Gasteiger partial charge in [-0.1, -0.05) is 30.3 Å². The minimum absolute atomic E-state index is 0.421. The van der Waals surface area contributed by atoms with Crippen LogP contribution in [0.2, 0.25) is 0 Å². The van der Waals surface area contributed by atoms with Crippen LogP contribution < -0.4 is 0 Å². The number of hydrogen-bond donors (Lipinski definition) is 0. The molecule has 3 atom stereocenters. The summed E-state index contributed by atoms with van der Waals surface area (Å²) < 4.78 is 0. The molecule has 2 bridgehead atoms. The topological polar surface area (TPSA) is 3.24 Å². The lowest BCUT2D eigenvalue weighted by molar-refractivity contribution is 0.134. The normalized spacial score (nSPS) is 34.2. The Morgan fingerprint density at radius 1 is 1.06 bits per heavy atom. The predicted molar refractivity (Wildman–Crippen MR) is 67.7 cm³/mol. The van der Waals surface area contributed by atoms with Gasteiger partial charge in [-0.2, -0.15) is 0 Å². The molecule has 0 spiro atoms. The third kappa shape index (κ3) is 1.99. The van der Waals surface area contributed by atoms with Crippen LogP contribution in [0, 0.1) is 0 Å². The zero-order valence-electron chi connectivity index (χ0n) is 9.48. The first-order chi connectivity index (χ1) is 7.83. The Balaban J connectivity index is 1.72. The van der Waals surface area contributed by atoms with Crippen molar-refractivity contribution >= 4 is 11.6 Å². The monoisotopic (exact) mass is 235 g/mol. The molecule has 86 valence electrons. The number of halogens is 1. The molecule has 0 saturated carbocycles. The molecule has 0 N–H and O–H groups in total. The van der Waals surface area contributed by atoms with Crippen molar-refractivity contribution < 1.29 is 0 Å². The maximum absolute atomic E-state index is 6.29. The predicted octanol–water partition coefficient (Wildman–Crippen LogP) is 3.42. The lowest BCUT2D eigenvalue weighted by Gasteiger charge is -2.37. The molecule has 0 amide bonds. The lowest BCUT2D eigenvalue weighted by Crippen LogP contribution is -2.42. The molecular weight excluding hydrogens is 218 g/mol. The average molecular weight is 236 g/mol. The van der Waals surface area contributed by atoms with Gasteiger partial charge in [0.05, 0.1) is 0 Å². The molecule has 0 radical (unpaired) electrons. The number of nitrogens with zero attached hydrogens (tertiary/aromatic N) is 1. The van der Waals surface area contributed by atoms with Gasteiger partial charge in [-0.3, -0.25) is 4.90 Å². The summed E-state index contributed by atoms with van der Waals surface area (Å²) in [5.74, 6) is 0. The Hall–Kier alpha value is -0.530. The third-order valence-corrected chi connectivity index (χ3v) is 4.39. The fourth-order valence-electron chi connectivity index (χ4n) is 3.26. The van der Waals surface area contributed by atoms with E-state index in [2.05, 4.69) is 35.2 Å². The van der Waals surface area contributed by atoms with E-state index in [1.807, 2.05) is 0 Å². The molecule has 2 aliphatic heterocycles. The van der Waals surface area contributed by atoms with Crippen molar-refractivity contribution in [3.8, 4) is 0 Å². The Morgan fingerprint density at radius 3 is 2.31 bits per heavy atom. The summed E-state index contributed by atoms with van der Waals surface area (Å²) in [6, 6.07) is 12.3. The van der Waals surface area contributed by atoms with Gasteiger partial charge < -0.3 is 0 Å². The molecule has 0 aliphatic carbocycles. The maximum Gasteiger partial charge on any atom is 0.0365 e. The molecule has 1 aromatic carbocycles. The van der Waals surface area contributed by atoms with Crippen LogP contribution in [0.15, 0.2) is 30.3 Å². The number of rotatable bonds is 2. The molecule has 2 aliphatic rings. The number of piperidine rings is 1. The van der Waals surface area contributed by atoms with E-state index in [-0.39, 0.29) is 0 Å². The number of hydrogen-bond acceptors (Lipinski definition) is 1. The highest BCUT2D eigenvalue weighted by molar-refractivity contribution is 6.20. The van der Waals surface area contributed by atoms with Crippen molar-refractivity contribution in [3.05, 3.63) is 35.9 Å². The van der Waals surface area contributed by atoms with Crippen LogP contribution in [-0.2, 0) is 6.54 Å². The fraction of sp³-hybridized carbons (Fsp3) is 0.571. The quantitative estimate of drug-likeness (QED) is 0.710. The minimum Gasteiger partial charge on any atom is -0.293 e. The van der Waals surface area contributed by atoms with Crippen LogP contribution in [-0.4, -0.2) is 22.4 Å². The van der Waals surface area contributed by atoms with Crippen molar-refractivity contribution in [1.82, 2.24) is 4.90 Å². The second kappa shape index (κ2) is 4.38. The van der Waals surface area contributed by atoms with E-state index in [0.29, 0.717) is 5.38 Å². The van der Waals surface area contributed by atoms with Gasteiger partial charge in [0.15, 0.2) is 0 Å². The van der Waals surface area contributed by atoms with Gasteiger partial charge in [0.1, 0.15) is 0 Å². The van der Waals surface area contributed by atoms with Gasteiger partial charge in [0.2, 0.25) is 0 Å². The summed E-state index contributed by atoms with van der Waals surface area (Å²) in [6.07, 6.45) is 5.07. The maximum atomic E-state index is 6.29. The van der Waals surface area contributed by atoms with Gasteiger partial charge in [0, 0.05) is 24.0 Å². The van der Waals surface area contributed by atoms with Crippen molar-refractivity contribution in [2.45, 2.75) is 49.7 Å². The highest BCUT2D eigenvalue weighted by atomic mass is 35.5. The van der Waals surface area contributed by atoms with Crippen LogP contribution in [0.4, 0.5) is 0 Å². The molecule has 3 rings (SSSR count). The van der Waals surface area contributed by atoms with E-state index in [1.54, 1.807) is 0 Å². The molecule has 2 saturated heterocycles. The molecule has 0 aromatic heterocycles. The Morgan fingerprint density at radius 2 is 1.69 bits per heavy atom. The Labute approximate surface area is 102 Å². The highest BCUT2D eigenvalue weighted by Gasteiger charge is 2.39. The van der Waals surface area contributed by atoms with Crippen LogP contribution in [0.1, 0.15) is 31.2 Å².